The molecule has 1 N–H and O–H groups in total. The maximum absolute atomic E-state index is 4.47. The molecule has 0 aliphatic rings. The molecule has 0 aliphatic heterocycles. The highest BCUT2D eigenvalue weighted by Crippen LogP contribution is 2.06. The molecule has 114 valence electrons. The van der Waals surface area contributed by atoms with E-state index in [0.717, 1.165) is 26.1 Å². The Morgan fingerprint density at radius 3 is 2.71 bits per heavy atom. The van der Waals surface area contributed by atoms with E-state index in [1.807, 2.05) is 6.33 Å². The van der Waals surface area contributed by atoms with Crippen molar-refractivity contribution in [3.63, 3.8) is 0 Å². The van der Waals surface area contributed by atoms with Crippen LogP contribution in [0.15, 0.2) is 42.9 Å². The van der Waals surface area contributed by atoms with Gasteiger partial charge in [-0.2, -0.15) is 0 Å². The third-order valence-electron chi connectivity index (χ3n) is 3.65. The van der Waals surface area contributed by atoms with Crippen LogP contribution in [0.5, 0.6) is 0 Å². The number of benzene rings is 1. The maximum Gasteiger partial charge on any atom is 0.0949 e. The Morgan fingerprint density at radius 2 is 1.90 bits per heavy atom. The molecule has 2 rings (SSSR count). The summed E-state index contributed by atoms with van der Waals surface area (Å²) in [4.78, 5) is 4.47. The van der Waals surface area contributed by atoms with Crippen LogP contribution in [0.2, 0.25) is 0 Å². The number of aryl methyl sites for hydroxylation is 2. The summed E-state index contributed by atoms with van der Waals surface area (Å²) < 4.78 is 2.22. The van der Waals surface area contributed by atoms with E-state index >= 15 is 0 Å². The van der Waals surface area contributed by atoms with Crippen LogP contribution < -0.4 is 5.32 Å². The van der Waals surface area contributed by atoms with Gasteiger partial charge in [-0.05, 0) is 37.8 Å². The van der Waals surface area contributed by atoms with Crippen LogP contribution in [0.3, 0.4) is 0 Å². The van der Waals surface area contributed by atoms with Crippen LogP contribution in [-0.2, 0) is 19.4 Å². The second kappa shape index (κ2) is 9.35. The monoisotopic (exact) mass is 285 g/mol. The molecule has 0 amide bonds. The molecule has 0 atom stereocenters. The highest BCUT2D eigenvalue weighted by molar-refractivity contribution is 5.14. The summed E-state index contributed by atoms with van der Waals surface area (Å²) in [6.07, 6.45) is 9.98. The first-order chi connectivity index (χ1) is 10.4. The van der Waals surface area contributed by atoms with Crippen molar-refractivity contribution in [2.75, 3.05) is 13.1 Å². The predicted molar refractivity (Wildman–Crippen MR) is 88.5 cm³/mol. The Kier molecular flexibility index (Phi) is 7.02. The van der Waals surface area contributed by atoms with Crippen molar-refractivity contribution in [1.29, 1.82) is 0 Å². The van der Waals surface area contributed by atoms with Gasteiger partial charge in [0.25, 0.3) is 0 Å². The first kappa shape index (κ1) is 15.8. The van der Waals surface area contributed by atoms with E-state index in [4.69, 9.17) is 0 Å². The molecule has 0 spiro atoms. The molecular formula is C18H27N3. The third kappa shape index (κ3) is 6.13. The maximum atomic E-state index is 4.47. The van der Waals surface area contributed by atoms with Gasteiger partial charge in [0.2, 0.25) is 0 Å². The van der Waals surface area contributed by atoms with E-state index in [1.165, 1.54) is 36.9 Å². The Bertz CT molecular complexity index is 490. The number of aromatic nitrogens is 2. The number of unbranched alkanes of at least 4 members (excludes halogenated alkanes) is 1. The molecule has 0 fully saturated rings. The lowest BCUT2D eigenvalue weighted by molar-refractivity contribution is 0.608. The van der Waals surface area contributed by atoms with Crippen LogP contribution >= 0.6 is 0 Å². The van der Waals surface area contributed by atoms with Crippen molar-refractivity contribution in [3.8, 4) is 0 Å². The fraction of sp³-hybridized carbons (Fsp3) is 0.500. The number of imidazole rings is 1. The van der Waals surface area contributed by atoms with E-state index < -0.39 is 0 Å². The van der Waals surface area contributed by atoms with Gasteiger partial charge in [0.1, 0.15) is 0 Å². The van der Waals surface area contributed by atoms with Gasteiger partial charge in [-0.1, -0.05) is 37.3 Å². The molecule has 0 aliphatic carbocycles. The van der Waals surface area contributed by atoms with Crippen molar-refractivity contribution in [2.24, 2.45) is 0 Å². The lowest BCUT2D eigenvalue weighted by Crippen LogP contribution is -2.17. The number of nitrogens with zero attached hydrogens (tertiary/aromatic N) is 2. The van der Waals surface area contributed by atoms with Crippen LogP contribution in [0.1, 0.15) is 37.4 Å². The lowest BCUT2D eigenvalue weighted by Gasteiger charge is -2.03. The second-order valence-electron chi connectivity index (χ2n) is 5.55. The number of rotatable bonds is 10. The summed E-state index contributed by atoms with van der Waals surface area (Å²) in [5.74, 6) is 0. The quantitative estimate of drug-likeness (QED) is 0.678. The largest absolute Gasteiger partial charge is 0.337 e. The van der Waals surface area contributed by atoms with Crippen molar-refractivity contribution in [3.05, 3.63) is 54.1 Å². The topological polar surface area (TPSA) is 29.9 Å². The first-order valence-electron chi connectivity index (χ1n) is 8.14. The van der Waals surface area contributed by atoms with Gasteiger partial charge in [-0.25, -0.2) is 4.98 Å². The van der Waals surface area contributed by atoms with E-state index in [0.29, 0.717) is 0 Å². The zero-order chi connectivity index (χ0) is 14.8. The minimum atomic E-state index is 1.02. The van der Waals surface area contributed by atoms with Crippen molar-refractivity contribution in [2.45, 2.75) is 45.6 Å². The van der Waals surface area contributed by atoms with E-state index in [9.17, 15) is 0 Å². The zero-order valence-electron chi connectivity index (χ0n) is 13.1. The molecule has 0 radical (unpaired) electrons. The zero-order valence-corrected chi connectivity index (χ0v) is 13.1. The Balaban J connectivity index is 1.61. The smallest absolute Gasteiger partial charge is 0.0949 e. The predicted octanol–water partition coefficient (Wildman–Crippen LogP) is 3.45. The van der Waals surface area contributed by atoms with E-state index in [1.54, 1.807) is 0 Å². The number of hydrogen-bond donors (Lipinski definition) is 1. The Morgan fingerprint density at radius 1 is 1.05 bits per heavy atom. The van der Waals surface area contributed by atoms with Gasteiger partial charge in [0.05, 0.1) is 12.0 Å². The van der Waals surface area contributed by atoms with Crippen LogP contribution in [-0.4, -0.2) is 22.6 Å². The summed E-state index contributed by atoms with van der Waals surface area (Å²) in [6, 6.07) is 10.7. The first-order valence-corrected chi connectivity index (χ1v) is 8.14. The SMILES string of the molecule is CCCNCCc1cn(CCCCc2ccccc2)cn1. The molecular weight excluding hydrogens is 258 g/mol. The summed E-state index contributed by atoms with van der Waals surface area (Å²) in [5.41, 5.74) is 2.63. The van der Waals surface area contributed by atoms with Crippen LogP contribution in [0, 0.1) is 0 Å². The standard InChI is InChI=1S/C18H27N3/c1-2-12-19-13-11-18-15-21(16-20-18)14-7-6-10-17-8-4-3-5-9-17/h3-5,8-9,15-16,19H,2,6-7,10-14H2,1H3. The molecule has 1 aromatic heterocycles. The van der Waals surface area contributed by atoms with Gasteiger partial charge in [-0.15, -0.1) is 0 Å². The molecule has 1 heterocycles. The van der Waals surface area contributed by atoms with Gasteiger partial charge in [0.15, 0.2) is 0 Å². The lowest BCUT2D eigenvalue weighted by atomic mass is 10.1. The Hall–Kier alpha value is -1.61. The summed E-state index contributed by atoms with van der Waals surface area (Å²) >= 11 is 0. The minimum absolute atomic E-state index is 1.02. The van der Waals surface area contributed by atoms with E-state index in [2.05, 4.69) is 58.3 Å². The molecule has 3 heteroatoms. The highest BCUT2D eigenvalue weighted by atomic mass is 15.0. The van der Waals surface area contributed by atoms with Crippen molar-refractivity contribution < 1.29 is 0 Å². The minimum Gasteiger partial charge on any atom is -0.337 e. The molecule has 2 aromatic rings. The van der Waals surface area contributed by atoms with Gasteiger partial charge >= 0.3 is 0 Å². The molecule has 0 saturated heterocycles. The Labute approximate surface area is 128 Å². The summed E-state index contributed by atoms with van der Waals surface area (Å²) in [7, 11) is 0. The summed E-state index contributed by atoms with van der Waals surface area (Å²) in [5, 5.41) is 3.41. The molecule has 0 saturated carbocycles. The average Bonchev–Trinajstić information content (AvgIpc) is 2.97. The summed E-state index contributed by atoms with van der Waals surface area (Å²) in [6.45, 7) is 5.39. The van der Waals surface area contributed by atoms with Crippen LogP contribution in [0.25, 0.3) is 0 Å². The van der Waals surface area contributed by atoms with Crippen LogP contribution in [0.4, 0.5) is 0 Å². The molecule has 1 aromatic carbocycles. The normalized spacial score (nSPS) is 10.9. The third-order valence-corrected chi connectivity index (χ3v) is 3.65. The van der Waals surface area contributed by atoms with E-state index in [-0.39, 0.29) is 0 Å². The number of hydrogen-bond acceptors (Lipinski definition) is 2. The molecule has 3 nitrogen and oxygen atoms in total. The molecule has 0 bridgehead atoms. The van der Waals surface area contributed by atoms with Gasteiger partial charge in [-0.3, -0.25) is 0 Å². The molecule has 21 heavy (non-hydrogen) atoms. The fourth-order valence-corrected chi connectivity index (χ4v) is 2.44. The fourth-order valence-electron chi connectivity index (χ4n) is 2.44. The van der Waals surface area contributed by atoms with Gasteiger partial charge < -0.3 is 9.88 Å². The number of nitrogens with one attached hydrogen (secondary N) is 1. The molecule has 0 unspecified atom stereocenters. The highest BCUT2D eigenvalue weighted by Gasteiger charge is 1.99. The second-order valence-corrected chi connectivity index (χ2v) is 5.55. The van der Waals surface area contributed by atoms with Crippen molar-refractivity contribution in [1.82, 2.24) is 14.9 Å². The van der Waals surface area contributed by atoms with Crippen molar-refractivity contribution >= 4 is 0 Å². The average molecular weight is 285 g/mol. The van der Waals surface area contributed by atoms with Gasteiger partial charge in [0, 0.05) is 25.7 Å².